The standard InChI is InChI=1S/C52H63N5O3SSi/c1-7-8-34-61(59)57-38-43-36-47(51(58)53-44-29-32-56(39-44)37-41-20-12-9-13-21-41)54-50(42-24-18-22-40(35-42)23-19-31-55(5)6)49(43)48(57)30-33-60-62(52(2,3)4,45-25-14-10-15-26-45)46-27-16-11-17-28-46/h9-18,20-22,24-28,35-36,44,48H,7-8,29-34,37-39H2,1-6H3,(H,53,58)/t44-,48+,61?/m0/s1. The summed E-state index contributed by atoms with van der Waals surface area (Å²) in [5.74, 6) is 7.01. The van der Waals surface area contributed by atoms with Crippen LogP contribution in [-0.4, -0.2) is 90.0 Å². The number of benzene rings is 4. The van der Waals surface area contributed by atoms with Gasteiger partial charge in [0.2, 0.25) is 0 Å². The van der Waals surface area contributed by atoms with Crippen LogP contribution in [0.15, 0.2) is 121 Å². The molecule has 0 saturated carbocycles. The zero-order valence-corrected chi connectivity index (χ0v) is 39.2. The van der Waals surface area contributed by atoms with Crippen molar-refractivity contribution in [2.24, 2.45) is 0 Å². The van der Waals surface area contributed by atoms with Crippen LogP contribution in [0, 0.1) is 11.8 Å². The highest BCUT2D eigenvalue weighted by molar-refractivity contribution is 7.89. The van der Waals surface area contributed by atoms with E-state index in [1.54, 1.807) is 0 Å². The molecule has 0 radical (unpaired) electrons. The van der Waals surface area contributed by atoms with Crippen LogP contribution in [0.1, 0.15) is 92.2 Å². The number of rotatable bonds is 16. The highest BCUT2D eigenvalue weighted by Gasteiger charge is 2.50. The summed E-state index contributed by atoms with van der Waals surface area (Å²) in [5, 5.41) is 5.61. The molecule has 1 N–H and O–H groups in total. The first-order valence-corrected chi connectivity index (χ1v) is 25.4. The van der Waals surface area contributed by atoms with Crippen LogP contribution in [0.25, 0.3) is 11.3 Å². The van der Waals surface area contributed by atoms with E-state index in [-0.39, 0.29) is 23.0 Å². The Bertz CT molecular complexity index is 2270. The van der Waals surface area contributed by atoms with Gasteiger partial charge in [0.25, 0.3) is 14.2 Å². The van der Waals surface area contributed by atoms with Gasteiger partial charge < -0.3 is 14.3 Å². The lowest BCUT2D eigenvalue weighted by Gasteiger charge is -2.43. The minimum absolute atomic E-state index is 0.0180. The van der Waals surface area contributed by atoms with Crippen LogP contribution in [0.4, 0.5) is 0 Å². The first-order chi connectivity index (χ1) is 30.0. The third kappa shape index (κ3) is 10.6. The number of carbonyl (C=O) groups excluding carboxylic acids is 1. The minimum atomic E-state index is -2.84. The first kappa shape index (κ1) is 45.5. The Balaban J connectivity index is 1.25. The number of hydrogen-bond acceptors (Lipinski definition) is 7. The molecule has 2 aliphatic heterocycles. The van der Waals surface area contributed by atoms with Crippen LogP contribution in [0.3, 0.4) is 0 Å². The lowest BCUT2D eigenvalue weighted by molar-refractivity contribution is 0.0932. The largest absolute Gasteiger partial charge is 0.598 e. The lowest BCUT2D eigenvalue weighted by atomic mass is 9.95. The smallest absolute Gasteiger partial charge is 0.270 e. The van der Waals surface area contributed by atoms with Gasteiger partial charge in [-0.1, -0.05) is 149 Å². The molecule has 3 atom stereocenters. The number of hydrogen-bond donors (Lipinski definition) is 1. The van der Waals surface area contributed by atoms with Crippen molar-refractivity contribution in [3.05, 3.63) is 149 Å². The second kappa shape index (κ2) is 20.7. The van der Waals surface area contributed by atoms with Crippen molar-refractivity contribution in [2.45, 2.75) is 83.6 Å². The molecule has 62 heavy (non-hydrogen) atoms. The fourth-order valence-corrected chi connectivity index (χ4v) is 15.2. The maximum atomic E-state index is 14.4. The van der Waals surface area contributed by atoms with E-state index < -0.39 is 19.7 Å². The summed E-state index contributed by atoms with van der Waals surface area (Å²) in [6.45, 7) is 13.1. The summed E-state index contributed by atoms with van der Waals surface area (Å²) in [7, 11) is 1.17. The highest BCUT2D eigenvalue weighted by Crippen LogP contribution is 2.44. The molecule has 1 unspecified atom stereocenters. The summed E-state index contributed by atoms with van der Waals surface area (Å²) in [6, 6.07) is 41.8. The Labute approximate surface area is 374 Å². The fraction of sp³-hybridized carbons (Fsp3) is 0.385. The van der Waals surface area contributed by atoms with Crippen molar-refractivity contribution >= 4 is 36.0 Å². The molecular weight excluding hydrogens is 803 g/mol. The lowest BCUT2D eigenvalue weighted by Crippen LogP contribution is -2.66. The molecule has 3 heterocycles. The molecule has 4 aromatic carbocycles. The van der Waals surface area contributed by atoms with Gasteiger partial charge in [-0.2, -0.15) is 0 Å². The summed E-state index contributed by atoms with van der Waals surface area (Å²) in [4.78, 5) is 24.0. The topological polar surface area (TPSA) is 84.0 Å². The van der Waals surface area contributed by atoms with Crippen molar-refractivity contribution in [1.29, 1.82) is 0 Å². The van der Waals surface area contributed by atoms with Crippen LogP contribution in [0.2, 0.25) is 5.04 Å². The third-order valence-electron chi connectivity index (χ3n) is 12.1. The zero-order chi connectivity index (χ0) is 43.7. The number of carbonyl (C=O) groups is 1. The Morgan fingerprint density at radius 1 is 0.952 bits per heavy atom. The minimum Gasteiger partial charge on any atom is -0.598 e. The van der Waals surface area contributed by atoms with Gasteiger partial charge in [0.05, 0.1) is 24.8 Å². The molecule has 1 fully saturated rings. The molecular formula is C52H63N5O3SSi. The second-order valence-electron chi connectivity index (χ2n) is 18.0. The monoisotopic (exact) mass is 865 g/mol. The molecule has 8 nitrogen and oxygen atoms in total. The maximum absolute atomic E-state index is 14.4. The fourth-order valence-electron chi connectivity index (χ4n) is 9.08. The second-order valence-corrected chi connectivity index (χ2v) is 23.8. The van der Waals surface area contributed by atoms with Crippen molar-refractivity contribution < 1.29 is 13.8 Å². The summed E-state index contributed by atoms with van der Waals surface area (Å²) in [6.07, 6.45) is 3.30. The zero-order valence-electron chi connectivity index (χ0n) is 37.4. The summed E-state index contributed by atoms with van der Waals surface area (Å²) in [5.41, 5.74) is 6.17. The van der Waals surface area contributed by atoms with E-state index in [2.05, 4.69) is 151 Å². The number of likely N-dealkylation sites (tertiary alicyclic amines) is 1. The van der Waals surface area contributed by atoms with Crippen LogP contribution >= 0.6 is 0 Å². The SMILES string of the molecule is CCCC[S+]([O-])N1Cc2cc(C(=O)N[C@H]3CCN(Cc4ccccc4)C3)nc(-c3cccc(C#CCN(C)C)c3)c2[C@H]1CCO[Si](c1ccccc1)(c1ccccc1)C(C)(C)C. The molecule has 1 saturated heterocycles. The number of pyridine rings is 1. The number of nitrogens with one attached hydrogen (secondary N) is 1. The average molecular weight is 866 g/mol. The van der Waals surface area contributed by atoms with E-state index in [1.165, 1.54) is 15.9 Å². The number of unbranched alkanes of at least 4 members (excludes halogenated alkanes) is 1. The molecule has 0 bridgehead atoms. The van der Waals surface area contributed by atoms with Crippen molar-refractivity contribution in [1.82, 2.24) is 24.4 Å². The van der Waals surface area contributed by atoms with Gasteiger partial charge in [-0.15, -0.1) is 4.31 Å². The van der Waals surface area contributed by atoms with Crippen molar-refractivity contribution in [2.75, 3.05) is 46.1 Å². The Kier molecular flexibility index (Phi) is 15.2. The number of amides is 1. The first-order valence-electron chi connectivity index (χ1n) is 22.2. The quantitative estimate of drug-likeness (QED) is 0.0613. The van der Waals surface area contributed by atoms with E-state index in [9.17, 15) is 9.35 Å². The van der Waals surface area contributed by atoms with E-state index in [4.69, 9.17) is 9.41 Å². The molecule has 10 heteroatoms. The molecule has 1 amide bonds. The number of aromatic nitrogens is 1. The van der Waals surface area contributed by atoms with Gasteiger partial charge in [0.1, 0.15) is 11.4 Å². The average Bonchev–Trinajstić information content (AvgIpc) is 3.88. The maximum Gasteiger partial charge on any atom is 0.270 e. The Morgan fingerprint density at radius 2 is 1.63 bits per heavy atom. The van der Waals surface area contributed by atoms with Gasteiger partial charge in [0, 0.05) is 60.3 Å². The van der Waals surface area contributed by atoms with Crippen molar-refractivity contribution in [3.63, 3.8) is 0 Å². The Hall–Kier alpha value is -4.57. The van der Waals surface area contributed by atoms with Gasteiger partial charge in [0.15, 0.2) is 0 Å². The van der Waals surface area contributed by atoms with Gasteiger partial charge in [-0.3, -0.25) is 14.6 Å². The molecule has 1 aromatic heterocycles. The molecule has 2 aliphatic rings. The molecule has 0 aliphatic carbocycles. The van der Waals surface area contributed by atoms with E-state index >= 15 is 0 Å². The highest BCUT2D eigenvalue weighted by atomic mass is 32.2. The van der Waals surface area contributed by atoms with Crippen LogP contribution < -0.4 is 15.7 Å². The van der Waals surface area contributed by atoms with Gasteiger partial charge in [-0.25, -0.2) is 4.98 Å². The predicted molar refractivity (Wildman–Crippen MR) is 257 cm³/mol. The molecule has 7 rings (SSSR count). The molecule has 0 spiro atoms. The van der Waals surface area contributed by atoms with E-state index in [0.29, 0.717) is 37.6 Å². The van der Waals surface area contributed by atoms with E-state index in [0.717, 1.165) is 66.8 Å². The van der Waals surface area contributed by atoms with Crippen molar-refractivity contribution in [3.8, 4) is 23.1 Å². The normalized spacial score (nSPS) is 17.4. The van der Waals surface area contributed by atoms with Crippen LogP contribution in [0.5, 0.6) is 0 Å². The number of fused-ring (bicyclic) bond motifs is 1. The molecule has 324 valence electrons. The van der Waals surface area contributed by atoms with Gasteiger partial charge >= 0.3 is 0 Å². The predicted octanol–water partition coefficient (Wildman–Crippen LogP) is 7.95. The van der Waals surface area contributed by atoms with E-state index in [1.807, 2.05) is 43.3 Å². The Morgan fingerprint density at radius 3 is 2.27 bits per heavy atom. The molecule has 5 aromatic rings. The number of nitrogens with zero attached hydrogens (tertiary/aromatic N) is 4. The summed E-state index contributed by atoms with van der Waals surface area (Å²) >= 11 is -1.26. The summed E-state index contributed by atoms with van der Waals surface area (Å²) < 4.78 is 24.0. The third-order valence-corrected chi connectivity index (χ3v) is 18.7. The van der Waals surface area contributed by atoms with Crippen LogP contribution in [-0.2, 0) is 28.9 Å². The van der Waals surface area contributed by atoms with Gasteiger partial charge in [-0.05, 0) is 78.1 Å².